The van der Waals surface area contributed by atoms with E-state index < -0.39 is 0 Å². The van der Waals surface area contributed by atoms with E-state index in [2.05, 4.69) is 207 Å². The first-order chi connectivity index (χ1) is 21.5. The van der Waals surface area contributed by atoms with E-state index in [0.717, 1.165) is 49.4 Å². The van der Waals surface area contributed by atoms with E-state index in [0.29, 0.717) is 27.1 Å². The van der Waals surface area contributed by atoms with Crippen LogP contribution in [0.1, 0.15) is 220 Å². The average molecular weight is 739 g/mol. The van der Waals surface area contributed by atoms with Crippen molar-refractivity contribution in [3.05, 3.63) is 36.8 Å². The summed E-state index contributed by atoms with van der Waals surface area (Å²) in [6.45, 7) is 67.6. The van der Waals surface area contributed by atoms with Gasteiger partial charge in [-0.25, -0.2) is 0 Å². The lowest BCUT2D eigenvalue weighted by molar-refractivity contribution is 0.331. The minimum atomic E-state index is 0. The number of nitrogens with one attached hydrogen (secondary N) is 4. The Hall–Kier alpha value is -1.42. The first-order valence-electron chi connectivity index (χ1n) is 19.6. The Balaban J connectivity index is -0.000000134. The van der Waals surface area contributed by atoms with Gasteiger partial charge in [-0.2, -0.15) is 0 Å². The van der Waals surface area contributed by atoms with Crippen LogP contribution in [0.3, 0.4) is 0 Å². The van der Waals surface area contributed by atoms with E-state index in [4.69, 9.17) is 0 Å². The second-order valence-electron chi connectivity index (χ2n) is 23.8. The Morgan fingerprint density at radius 2 is 0.692 bits per heavy atom. The van der Waals surface area contributed by atoms with Crippen molar-refractivity contribution < 1.29 is 0 Å². The highest BCUT2D eigenvalue weighted by molar-refractivity contribution is 4.98. The fourth-order valence-electron chi connectivity index (χ4n) is 4.14. The molecule has 0 aromatic heterocycles. The van der Waals surface area contributed by atoms with Gasteiger partial charge in [-0.05, 0) is 134 Å². The summed E-state index contributed by atoms with van der Waals surface area (Å²) < 4.78 is 0. The molecular formula is C48H106N4. The molecule has 4 N–H and O–H groups in total. The Kier molecular flexibility index (Phi) is 30.8. The summed E-state index contributed by atoms with van der Waals surface area (Å²) in [5, 5.41) is 13.7. The zero-order valence-electron chi connectivity index (χ0n) is 39.3. The van der Waals surface area contributed by atoms with Crippen molar-refractivity contribution in [1.29, 1.82) is 0 Å². The molecule has 0 radical (unpaired) electrons. The largest absolute Gasteiger partial charge is 0.388 e. The fraction of sp³-hybridized carbons (Fsp3) is 0.875. The molecule has 0 saturated heterocycles. The highest BCUT2D eigenvalue weighted by Crippen LogP contribution is 2.24. The molecule has 4 heteroatoms. The van der Waals surface area contributed by atoms with Crippen molar-refractivity contribution in [2.45, 2.75) is 236 Å². The third-order valence-corrected chi connectivity index (χ3v) is 6.60. The molecule has 0 unspecified atom stereocenters. The highest BCUT2D eigenvalue weighted by Gasteiger charge is 2.17. The van der Waals surface area contributed by atoms with Crippen LogP contribution in [0.4, 0.5) is 0 Å². The van der Waals surface area contributed by atoms with E-state index in [9.17, 15) is 0 Å². The fourth-order valence-corrected chi connectivity index (χ4v) is 4.14. The molecule has 0 aliphatic heterocycles. The molecular weight excluding hydrogens is 633 g/mol. The lowest BCUT2D eigenvalue weighted by Gasteiger charge is -2.26. The van der Waals surface area contributed by atoms with Gasteiger partial charge in [0.15, 0.2) is 0 Å². The summed E-state index contributed by atoms with van der Waals surface area (Å²) in [6.07, 6.45) is 6.80. The molecule has 0 aromatic rings. The molecule has 0 saturated carbocycles. The molecule has 0 amide bonds. The van der Waals surface area contributed by atoms with Crippen molar-refractivity contribution >= 4 is 0 Å². The molecule has 52 heavy (non-hydrogen) atoms. The Morgan fingerprint density at radius 3 is 0.904 bits per heavy atom. The van der Waals surface area contributed by atoms with E-state index >= 15 is 0 Å². The SMILES string of the molecule is C.C.C=C(CC(C)(C)C)NCC(C)(C)C.C=C(CCC(C)(C)C)NC(C)(C)C.C=C(CCC(C)(C)C)NC(C)(C)C.CC(C)(C)CCNC(C)(C)C. The maximum Gasteiger partial charge on any atom is 0.0286 e. The van der Waals surface area contributed by atoms with Crippen LogP contribution in [0, 0.1) is 27.1 Å². The van der Waals surface area contributed by atoms with Gasteiger partial charge in [-0.3, -0.25) is 0 Å². The quantitative estimate of drug-likeness (QED) is 0.170. The first-order valence-corrected chi connectivity index (χ1v) is 19.6. The van der Waals surface area contributed by atoms with Gasteiger partial charge in [-0.1, -0.05) is 138 Å². The van der Waals surface area contributed by atoms with Crippen LogP contribution in [-0.2, 0) is 0 Å². The van der Waals surface area contributed by atoms with Gasteiger partial charge < -0.3 is 21.3 Å². The molecule has 0 aliphatic rings. The van der Waals surface area contributed by atoms with Crippen LogP contribution in [0.2, 0.25) is 0 Å². The number of rotatable bonds is 11. The maximum absolute atomic E-state index is 4.03. The molecule has 0 bridgehead atoms. The van der Waals surface area contributed by atoms with Gasteiger partial charge in [0, 0.05) is 40.3 Å². The Labute approximate surface area is 333 Å². The third-order valence-electron chi connectivity index (χ3n) is 6.60. The molecule has 0 spiro atoms. The summed E-state index contributed by atoms with van der Waals surface area (Å²) in [7, 11) is 0. The van der Waals surface area contributed by atoms with Crippen molar-refractivity contribution in [3.8, 4) is 0 Å². The second kappa shape index (κ2) is 25.6. The normalized spacial score (nSPS) is 12.5. The molecule has 318 valence electrons. The van der Waals surface area contributed by atoms with Crippen LogP contribution < -0.4 is 21.3 Å². The van der Waals surface area contributed by atoms with Gasteiger partial charge in [0.05, 0.1) is 0 Å². The summed E-state index contributed by atoms with van der Waals surface area (Å²) in [5.74, 6) is 0. The summed E-state index contributed by atoms with van der Waals surface area (Å²) >= 11 is 0. The number of hydrogen-bond donors (Lipinski definition) is 4. The van der Waals surface area contributed by atoms with Crippen molar-refractivity contribution in [2.75, 3.05) is 13.1 Å². The highest BCUT2D eigenvalue weighted by atomic mass is 15.0. The molecule has 0 aliphatic carbocycles. The lowest BCUT2D eigenvalue weighted by atomic mass is 9.90. The van der Waals surface area contributed by atoms with Crippen LogP contribution in [0.25, 0.3) is 0 Å². The van der Waals surface area contributed by atoms with Crippen molar-refractivity contribution in [2.24, 2.45) is 27.1 Å². The number of hydrogen-bond acceptors (Lipinski definition) is 4. The van der Waals surface area contributed by atoms with E-state index in [-0.39, 0.29) is 31.5 Å². The van der Waals surface area contributed by atoms with Crippen LogP contribution in [-0.4, -0.2) is 29.7 Å². The predicted molar refractivity (Wildman–Crippen MR) is 247 cm³/mol. The zero-order valence-corrected chi connectivity index (χ0v) is 39.3. The molecule has 0 atom stereocenters. The third kappa shape index (κ3) is 70.2. The van der Waals surface area contributed by atoms with Crippen LogP contribution in [0.15, 0.2) is 36.8 Å². The van der Waals surface area contributed by atoms with Gasteiger partial charge >= 0.3 is 0 Å². The standard InChI is InChI=1S/3C12H25N.C10H23N.2CH4/c1-10(8-11(2,3)4)13-9-12(5,6)7;2*1-10(13-12(5,6)7)8-9-11(2,3)4;1-9(2,3)7-8-11-10(4,5)6;;/h3*13H,1,8-9H2,2-7H3;11H,7-8H2,1-6H3;2*1H4. The molecule has 0 fully saturated rings. The minimum Gasteiger partial charge on any atom is -0.388 e. The molecule has 0 heterocycles. The van der Waals surface area contributed by atoms with Crippen LogP contribution in [0.5, 0.6) is 0 Å². The topological polar surface area (TPSA) is 48.1 Å². The Morgan fingerprint density at radius 1 is 0.385 bits per heavy atom. The zero-order chi connectivity index (χ0) is 41.2. The lowest BCUT2D eigenvalue weighted by Crippen LogP contribution is -2.37. The van der Waals surface area contributed by atoms with Gasteiger partial charge in [0.1, 0.15) is 0 Å². The van der Waals surface area contributed by atoms with Gasteiger partial charge in [0.2, 0.25) is 0 Å². The summed E-state index contributed by atoms with van der Waals surface area (Å²) in [6, 6.07) is 0. The van der Waals surface area contributed by atoms with Crippen molar-refractivity contribution in [1.82, 2.24) is 21.3 Å². The van der Waals surface area contributed by atoms with Crippen LogP contribution >= 0.6 is 0 Å². The molecule has 0 aromatic carbocycles. The second-order valence-corrected chi connectivity index (χ2v) is 23.8. The monoisotopic (exact) mass is 739 g/mol. The summed E-state index contributed by atoms with van der Waals surface area (Å²) in [4.78, 5) is 0. The van der Waals surface area contributed by atoms with E-state index in [1.54, 1.807) is 0 Å². The van der Waals surface area contributed by atoms with Gasteiger partial charge in [0.25, 0.3) is 0 Å². The smallest absolute Gasteiger partial charge is 0.0286 e. The molecule has 0 rings (SSSR count). The number of allylic oxidation sites excluding steroid dienone is 3. The van der Waals surface area contributed by atoms with E-state index in [1.165, 1.54) is 19.3 Å². The summed E-state index contributed by atoms with van der Waals surface area (Å²) in [5.41, 5.74) is 5.97. The molecule has 4 nitrogen and oxygen atoms in total. The van der Waals surface area contributed by atoms with E-state index in [1.807, 2.05) is 0 Å². The Bertz CT molecular complexity index is 799. The van der Waals surface area contributed by atoms with Crippen molar-refractivity contribution in [3.63, 3.8) is 0 Å². The predicted octanol–water partition coefficient (Wildman–Crippen LogP) is 15.1. The first kappa shape index (κ1) is 62.6. The average Bonchev–Trinajstić information content (AvgIpc) is 2.75. The van der Waals surface area contributed by atoms with Gasteiger partial charge in [-0.15, -0.1) is 0 Å². The maximum atomic E-state index is 4.03. The minimum absolute atomic E-state index is 0.